The van der Waals surface area contributed by atoms with E-state index in [1.54, 1.807) is 0 Å². The Labute approximate surface area is 86.1 Å². The molecule has 0 amide bonds. The van der Waals surface area contributed by atoms with Crippen molar-refractivity contribution >= 4 is 0 Å². The summed E-state index contributed by atoms with van der Waals surface area (Å²) >= 11 is 0. The molecule has 2 fully saturated rings. The predicted molar refractivity (Wildman–Crippen MR) is 55.8 cm³/mol. The third-order valence-electron chi connectivity index (χ3n) is 3.59. The van der Waals surface area contributed by atoms with E-state index in [4.69, 9.17) is 5.26 Å². The van der Waals surface area contributed by atoms with Gasteiger partial charge in [0.1, 0.15) is 0 Å². The summed E-state index contributed by atoms with van der Waals surface area (Å²) in [6.45, 7) is 6.77. The van der Waals surface area contributed by atoms with Crippen LogP contribution in [0.5, 0.6) is 0 Å². The number of piperazine rings is 1. The largest absolute Gasteiger partial charge is 0.314 e. The van der Waals surface area contributed by atoms with Gasteiger partial charge in [-0.1, -0.05) is 0 Å². The lowest BCUT2D eigenvalue weighted by Crippen LogP contribution is -2.51. The lowest BCUT2D eigenvalue weighted by Gasteiger charge is -2.36. The van der Waals surface area contributed by atoms with Gasteiger partial charge in [0.15, 0.2) is 0 Å². The average molecular weight is 193 g/mol. The zero-order chi connectivity index (χ0) is 10.0. The van der Waals surface area contributed by atoms with Gasteiger partial charge in [0, 0.05) is 38.6 Å². The maximum absolute atomic E-state index is 8.76. The van der Waals surface area contributed by atoms with Gasteiger partial charge in [-0.05, 0) is 25.2 Å². The maximum atomic E-state index is 8.76. The molecule has 0 aromatic rings. The summed E-state index contributed by atoms with van der Waals surface area (Å²) in [6, 6.07) is 2.97. The van der Waals surface area contributed by atoms with Crippen molar-refractivity contribution < 1.29 is 0 Å². The number of hydrogen-bond acceptors (Lipinski definition) is 3. The fraction of sp³-hybridized carbons (Fsp3) is 0.909. The molecule has 1 aliphatic heterocycles. The first-order valence-electron chi connectivity index (χ1n) is 5.57. The second-order valence-corrected chi connectivity index (χ2v) is 4.86. The van der Waals surface area contributed by atoms with Crippen molar-refractivity contribution in [2.24, 2.45) is 5.41 Å². The van der Waals surface area contributed by atoms with E-state index in [0.29, 0.717) is 11.5 Å². The molecule has 0 aromatic carbocycles. The SMILES string of the molecule is C[C@H]1CNCCN1CC1(CC#N)CC1. The smallest absolute Gasteiger partial charge is 0.0628 e. The summed E-state index contributed by atoms with van der Waals surface area (Å²) in [5.41, 5.74) is 0.375. The maximum Gasteiger partial charge on any atom is 0.0628 e. The van der Waals surface area contributed by atoms with Crippen LogP contribution in [-0.4, -0.2) is 37.1 Å². The van der Waals surface area contributed by atoms with Gasteiger partial charge in [-0.25, -0.2) is 0 Å². The molecule has 0 bridgehead atoms. The Kier molecular flexibility index (Phi) is 2.76. The number of hydrogen-bond donors (Lipinski definition) is 1. The lowest BCUT2D eigenvalue weighted by atomic mass is 10.0. The molecule has 1 atom stereocenters. The molecule has 3 heteroatoms. The van der Waals surface area contributed by atoms with Crippen molar-refractivity contribution in [2.45, 2.75) is 32.2 Å². The van der Waals surface area contributed by atoms with E-state index in [2.05, 4.69) is 23.2 Å². The highest BCUT2D eigenvalue weighted by Crippen LogP contribution is 2.49. The minimum Gasteiger partial charge on any atom is -0.314 e. The second-order valence-electron chi connectivity index (χ2n) is 4.86. The van der Waals surface area contributed by atoms with Gasteiger partial charge in [-0.2, -0.15) is 5.26 Å². The van der Waals surface area contributed by atoms with Crippen LogP contribution in [0.1, 0.15) is 26.2 Å². The van der Waals surface area contributed by atoms with Crippen molar-refractivity contribution in [3.63, 3.8) is 0 Å². The van der Waals surface area contributed by atoms with Crippen molar-refractivity contribution in [1.82, 2.24) is 10.2 Å². The second kappa shape index (κ2) is 3.88. The van der Waals surface area contributed by atoms with Crippen LogP contribution in [0.25, 0.3) is 0 Å². The van der Waals surface area contributed by atoms with E-state index >= 15 is 0 Å². The topological polar surface area (TPSA) is 39.1 Å². The minimum atomic E-state index is 0.375. The molecule has 1 N–H and O–H groups in total. The van der Waals surface area contributed by atoms with Crippen LogP contribution < -0.4 is 5.32 Å². The van der Waals surface area contributed by atoms with Crippen LogP contribution in [0.4, 0.5) is 0 Å². The van der Waals surface area contributed by atoms with E-state index in [-0.39, 0.29) is 0 Å². The highest BCUT2D eigenvalue weighted by atomic mass is 15.2. The van der Waals surface area contributed by atoms with Crippen LogP contribution in [0.3, 0.4) is 0 Å². The molecule has 2 rings (SSSR count). The normalized spacial score (nSPS) is 31.0. The van der Waals surface area contributed by atoms with Gasteiger partial charge < -0.3 is 5.32 Å². The molecule has 1 saturated carbocycles. The summed E-state index contributed by atoms with van der Waals surface area (Å²) in [5.74, 6) is 0. The van der Waals surface area contributed by atoms with Gasteiger partial charge in [-0.3, -0.25) is 4.90 Å². The third-order valence-corrected chi connectivity index (χ3v) is 3.59. The monoisotopic (exact) mass is 193 g/mol. The lowest BCUT2D eigenvalue weighted by molar-refractivity contribution is 0.141. The molecule has 0 radical (unpaired) electrons. The Morgan fingerprint density at radius 2 is 2.36 bits per heavy atom. The molecule has 0 aromatic heterocycles. The number of nitrogens with one attached hydrogen (secondary N) is 1. The van der Waals surface area contributed by atoms with Crippen LogP contribution in [0.2, 0.25) is 0 Å². The van der Waals surface area contributed by atoms with E-state index in [1.165, 1.54) is 12.8 Å². The molecule has 0 spiro atoms. The molecule has 3 nitrogen and oxygen atoms in total. The van der Waals surface area contributed by atoms with Gasteiger partial charge >= 0.3 is 0 Å². The zero-order valence-electron chi connectivity index (χ0n) is 8.92. The molecule has 14 heavy (non-hydrogen) atoms. The fourth-order valence-corrected chi connectivity index (χ4v) is 2.28. The predicted octanol–water partition coefficient (Wildman–Crippen LogP) is 0.974. The molecule has 2 aliphatic rings. The van der Waals surface area contributed by atoms with Crippen LogP contribution >= 0.6 is 0 Å². The molecule has 78 valence electrons. The Bertz CT molecular complexity index is 239. The van der Waals surface area contributed by atoms with E-state index in [0.717, 1.165) is 32.6 Å². The number of nitriles is 1. The van der Waals surface area contributed by atoms with Crippen LogP contribution in [-0.2, 0) is 0 Å². The summed E-state index contributed by atoms with van der Waals surface area (Å²) in [7, 11) is 0. The summed E-state index contributed by atoms with van der Waals surface area (Å²) in [6.07, 6.45) is 3.28. The molecule has 1 aliphatic carbocycles. The van der Waals surface area contributed by atoms with Crippen LogP contribution in [0.15, 0.2) is 0 Å². The number of rotatable bonds is 3. The third kappa shape index (κ3) is 2.08. The summed E-state index contributed by atoms with van der Waals surface area (Å²) in [5, 5.41) is 12.2. The Morgan fingerprint density at radius 3 is 2.93 bits per heavy atom. The van der Waals surface area contributed by atoms with Crippen LogP contribution in [0, 0.1) is 16.7 Å². The molecular formula is C11H19N3. The summed E-state index contributed by atoms with van der Waals surface area (Å²) in [4.78, 5) is 2.54. The van der Waals surface area contributed by atoms with Crippen molar-refractivity contribution in [3.8, 4) is 6.07 Å². The quantitative estimate of drug-likeness (QED) is 0.726. The van der Waals surface area contributed by atoms with Crippen molar-refractivity contribution in [2.75, 3.05) is 26.2 Å². The van der Waals surface area contributed by atoms with Crippen molar-refractivity contribution in [1.29, 1.82) is 5.26 Å². The first kappa shape index (κ1) is 9.95. The van der Waals surface area contributed by atoms with Gasteiger partial charge in [0.25, 0.3) is 0 Å². The molecule has 0 unspecified atom stereocenters. The first-order chi connectivity index (χ1) is 6.76. The molecule has 1 heterocycles. The van der Waals surface area contributed by atoms with Gasteiger partial charge in [-0.15, -0.1) is 0 Å². The first-order valence-corrected chi connectivity index (χ1v) is 5.57. The highest BCUT2D eigenvalue weighted by Gasteiger charge is 2.44. The minimum absolute atomic E-state index is 0.375. The van der Waals surface area contributed by atoms with E-state index in [1.807, 2.05) is 0 Å². The molecule has 1 saturated heterocycles. The van der Waals surface area contributed by atoms with E-state index in [9.17, 15) is 0 Å². The van der Waals surface area contributed by atoms with E-state index < -0.39 is 0 Å². The van der Waals surface area contributed by atoms with Gasteiger partial charge in [0.05, 0.1) is 6.07 Å². The average Bonchev–Trinajstić information content (AvgIpc) is 2.90. The van der Waals surface area contributed by atoms with Crippen molar-refractivity contribution in [3.05, 3.63) is 0 Å². The zero-order valence-corrected chi connectivity index (χ0v) is 8.92. The number of nitrogens with zero attached hydrogens (tertiary/aromatic N) is 2. The standard InChI is InChI=1S/C11H19N3/c1-10-8-13-6-7-14(10)9-11(2-3-11)4-5-12/h10,13H,2-4,6-9H2,1H3/t10-/m0/s1. The Morgan fingerprint density at radius 1 is 1.57 bits per heavy atom. The fourth-order valence-electron chi connectivity index (χ4n) is 2.28. The highest BCUT2D eigenvalue weighted by molar-refractivity contribution is 5.02. The Balaban J connectivity index is 1.87. The van der Waals surface area contributed by atoms with Gasteiger partial charge in [0.2, 0.25) is 0 Å². The summed E-state index contributed by atoms with van der Waals surface area (Å²) < 4.78 is 0. The Hall–Kier alpha value is -0.590. The molecular weight excluding hydrogens is 174 g/mol.